The second-order valence-electron chi connectivity index (χ2n) is 7.86. The van der Waals surface area contributed by atoms with Gasteiger partial charge in [-0.2, -0.15) is 9.94 Å². The molecule has 1 heterocycles. The number of nitrogens with two attached hydrogens (primary N) is 1. The standard InChI is InChI=1S/C23H24N6O2/c1-12(2)21(26)18-10-15(5-6-19(18)25)9-17-13(3)7-16(8-14(17)4)29-23(31)27-22(30)20(11-24)28-29/h5-8,10,12,26H,9,25H2,1-4H3,(H,27,30,31). The van der Waals surface area contributed by atoms with Gasteiger partial charge in [0, 0.05) is 17.0 Å². The maximum absolute atomic E-state index is 12.2. The van der Waals surface area contributed by atoms with Gasteiger partial charge in [-0.1, -0.05) is 19.9 Å². The number of benzene rings is 2. The first kappa shape index (κ1) is 21.7. The molecular weight excluding hydrogens is 392 g/mol. The van der Waals surface area contributed by atoms with Crippen LogP contribution in [0.5, 0.6) is 0 Å². The first-order chi connectivity index (χ1) is 14.6. The number of rotatable bonds is 5. The van der Waals surface area contributed by atoms with E-state index in [-0.39, 0.29) is 11.6 Å². The first-order valence-electron chi connectivity index (χ1n) is 9.83. The van der Waals surface area contributed by atoms with Crippen molar-refractivity contribution >= 4 is 11.4 Å². The maximum atomic E-state index is 12.2. The highest BCUT2D eigenvalue weighted by atomic mass is 16.2. The molecule has 4 N–H and O–H groups in total. The number of aryl methyl sites for hydroxylation is 2. The minimum Gasteiger partial charge on any atom is -0.398 e. The van der Waals surface area contributed by atoms with E-state index in [0.29, 0.717) is 23.5 Å². The van der Waals surface area contributed by atoms with Crippen LogP contribution in [-0.4, -0.2) is 20.5 Å². The van der Waals surface area contributed by atoms with Crippen LogP contribution in [0.25, 0.3) is 5.69 Å². The summed E-state index contributed by atoms with van der Waals surface area (Å²) in [4.78, 5) is 25.9. The lowest BCUT2D eigenvalue weighted by Crippen LogP contribution is -2.33. The third kappa shape index (κ3) is 4.31. The SMILES string of the molecule is Cc1cc(-n2nc(C#N)c(=O)[nH]c2=O)cc(C)c1Cc1ccc(N)c(C(=N)C(C)C)c1. The summed E-state index contributed by atoms with van der Waals surface area (Å²) in [5.74, 6) is 0.0710. The third-order valence-corrected chi connectivity index (χ3v) is 5.23. The van der Waals surface area contributed by atoms with Gasteiger partial charge in [-0.3, -0.25) is 9.78 Å². The van der Waals surface area contributed by atoms with Gasteiger partial charge in [-0.05, 0) is 72.7 Å². The molecule has 0 spiro atoms. The molecule has 0 aliphatic carbocycles. The molecule has 158 valence electrons. The number of hydrogen-bond acceptors (Lipinski definition) is 6. The largest absolute Gasteiger partial charge is 0.398 e. The molecule has 2 aromatic carbocycles. The lowest BCUT2D eigenvalue weighted by molar-refractivity contribution is 0.738. The number of aromatic amines is 1. The summed E-state index contributed by atoms with van der Waals surface area (Å²) in [6.45, 7) is 7.79. The van der Waals surface area contributed by atoms with Crippen LogP contribution in [0.3, 0.4) is 0 Å². The molecule has 0 bridgehead atoms. The number of nitrogen functional groups attached to an aromatic ring is 1. The van der Waals surface area contributed by atoms with Gasteiger partial charge in [0.1, 0.15) is 6.07 Å². The van der Waals surface area contributed by atoms with Gasteiger partial charge in [-0.15, -0.1) is 5.10 Å². The Bertz CT molecular complexity index is 1320. The van der Waals surface area contributed by atoms with Crippen LogP contribution in [0.15, 0.2) is 39.9 Å². The number of aromatic nitrogens is 3. The smallest absolute Gasteiger partial charge is 0.349 e. The molecule has 0 fully saturated rings. The maximum Gasteiger partial charge on any atom is 0.349 e. The van der Waals surface area contributed by atoms with Gasteiger partial charge >= 0.3 is 5.69 Å². The van der Waals surface area contributed by atoms with Crippen molar-refractivity contribution in [2.24, 2.45) is 5.92 Å². The summed E-state index contributed by atoms with van der Waals surface area (Å²) in [5, 5.41) is 21.2. The Morgan fingerprint density at radius 2 is 1.87 bits per heavy atom. The summed E-state index contributed by atoms with van der Waals surface area (Å²) < 4.78 is 1.02. The highest BCUT2D eigenvalue weighted by Gasteiger charge is 2.14. The van der Waals surface area contributed by atoms with Crippen LogP contribution in [0, 0.1) is 36.5 Å². The Morgan fingerprint density at radius 3 is 2.45 bits per heavy atom. The molecule has 0 aliphatic rings. The fraction of sp³-hybridized carbons (Fsp3) is 0.261. The Kier molecular flexibility index (Phi) is 5.88. The molecule has 0 saturated heterocycles. The van der Waals surface area contributed by atoms with Crippen molar-refractivity contribution in [3.8, 4) is 11.8 Å². The van der Waals surface area contributed by atoms with E-state index in [2.05, 4.69) is 10.1 Å². The van der Waals surface area contributed by atoms with E-state index in [1.807, 2.05) is 45.9 Å². The third-order valence-electron chi connectivity index (χ3n) is 5.23. The molecule has 0 amide bonds. The Morgan fingerprint density at radius 1 is 1.23 bits per heavy atom. The topological polar surface area (TPSA) is 141 Å². The number of H-pyrrole nitrogens is 1. The Hall–Kier alpha value is -3.99. The van der Waals surface area contributed by atoms with Gasteiger partial charge < -0.3 is 11.1 Å². The van der Waals surface area contributed by atoms with Gasteiger partial charge in [0.15, 0.2) is 0 Å². The molecule has 3 rings (SSSR count). The molecule has 8 nitrogen and oxygen atoms in total. The fourth-order valence-corrected chi connectivity index (χ4v) is 3.48. The van der Waals surface area contributed by atoms with E-state index >= 15 is 0 Å². The summed E-state index contributed by atoms with van der Waals surface area (Å²) >= 11 is 0. The lowest BCUT2D eigenvalue weighted by atomic mass is 9.92. The van der Waals surface area contributed by atoms with Crippen molar-refractivity contribution in [1.29, 1.82) is 10.7 Å². The molecule has 31 heavy (non-hydrogen) atoms. The van der Waals surface area contributed by atoms with Crippen molar-refractivity contribution < 1.29 is 0 Å². The molecule has 3 aromatic rings. The van der Waals surface area contributed by atoms with Crippen molar-refractivity contribution in [2.45, 2.75) is 34.1 Å². The summed E-state index contributed by atoms with van der Waals surface area (Å²) in [6, 6.07) is 11.0. The molecule has 0 aliphatic heterocycles. The highest BCUT2D eigenvalue weighted by molar-refractivity contribution is 6.03. The van der Waals surface area contributed by atoms with E-state index in [4.69, 9.17) is 16.4 Å². The quantitative estimate of drug-likeness (QED) is 0.433. The minimum absolute atomic E-state index is 0.0710. The van der Waals surface area contributed by atoms with Crippen LogP contribution < -0.4 is 17.0 Å². The van der Waals surface area contributed by atoms with Crippen LogP contribution in [0.2, 0.25) is 0 Å². The fourth-order valence-electron chi connectivity index (χ4n) is 3.48. The molecule has 0 unspecified atom stereocenters. The zero-order valence-electron chi connectivity index (χ0n) is 17.9. The van der Waals surface area contributed by atoms with E-state index in [1.165, 1.54) is 0 Å². The molecule has 0 radical (unpaired) electrons. The predicted molar refractivity (Wildman–Crippen MR) is 120 cm³/mol. The van der Waals surface area contributed by atoms with E-state index in [9.17, 15) is 9.59 Å². The van der Waals surface area contributed by atoms with Crippen molar-refractivity contribution in [3.63, 3.8) is 0 Å². The average molecular weight is 416 g/mol. The Labute approximate surface area is 179 Å². The zero-order chi connectivity index (χ0) is 22.9. The second-order valence-corrected chi connectivity index (χ2v) is 7.86. The average Bonchev–Trinajstić information content (AvgIpc) is 2.71. The van der Waals surface area contributed by atoms with Crippen molar-refractivity contribution in [1.82, 2.24) is 14.8 Å². The predicted octanol–water partition coefficient (Wildman–Crippen LogP) is 2.61. The van der Waals surface area contributed by atoms with E-state index < -0.39 is 11.2 Å². The van der Waals surface area contributed by atoms with E-state index in [0.717, 1.165) is 32.5 Å². The van der Waals surface area contributed by atoms with Crippen molar-refractivity contribution in [3.05, 3.63) is 84.7 Å². The van der Waals surface area contributed by atoms with Crippen LogP contribution in [0.1, 0.15) is 47.4 Å². The van der Waals surface area contributed by atoms with Gasteiger partial charge in [0.05, 0.1) is 5.69 Å². The number of anilines is 1. The van der Waals surface area contributed by atoms with Gasteiger partial charge in [0.25, 0.3) is 5.56 Å². The molecular formula is C23H24N6O2. The minimum atomic E-state index is -0.806. The molecule has 0 saturated carbocycles. The Balaban J connectivity index is 2.03. The molecule has 0 atom stereocenters. The number of nitrogens with zero attached hydrogens (tertiary/aromatic N) is 3. The second kappa shape index (κ2) is 8.40. The lowest BCUT2D eigenvalue weighted by Gasteiger charge is -2.16. The first-order valence-corrected chi connectivity index (χ1v) is 9.83. The number of nitrogens with one attached hydrogen (secondary N) is 2. The zero-order valence-corrected chi connectivity index (χ0v) is 17.9. The van der Waals surface area contributed by atoms with Crippen molar-refractivity contribution in [2.75, 3.05) is 5.73 Å². The number of hydrogen-bond donors (Lipinski definition) is 3. The number of nitriles is 1. The monoisotopic (exact) mass is 416 g/mol. The summed E-state index contributed by atoms with van der Waals surface area (Å²) in [6.07, 6.45) is 0.633. The summed E-state index contributed by atoms with van der Waals surface area (Å²) in [7, 11) is 0. The van der Waals surface area contributed by atoms with Crippen LogP contribution in [0.4, 0.5) is 5.69 Å². The molecule has 1 aromatic heterocycles. The molecule has 8 heteroatoms. The van der Waals surface area contributed by atoms with Crippen LogP contribution >= 0.6 is 0 Å². The van der Waals surface area contributed by atoms with Gasteiger partial charge in [-0.25, -0.2) is 4.79 Å². The highest BCUT2D eigenvalue weighted by Crippen LogP contribution is 2.24. The van der Waals surface area contributed by atoms with Gasteiger partial charge in [0.2, 0.25) is 5.69 Å². The summed E-state index contributed by atoms with van der Waals surface area (Å²) in [5.41, 5.74) is 10.5. The van der Waals surface area contributed by atoms with E-state index in [1.54, 1.807) is 18.2 Å². The normalized spacial score (nSPS) is 10.8. The van der Waals surface area contributed by atoms with Crippen LogP contribution in [-0.2, 0) is 6.42 Å².